The van der Waals surface area contributed by atoms with Gasteiger partial charge in [0.2, 0.25) is 0 Å². The van der Waals surface area contributed by atoms with Crippen LogP contribution in [0.25, 0.3) is 0 Å². The van der Waals surface area contributed by atoms with Gasteiger partial charge in [0.1, 0.15) is 17.3 Å². The van der Waals surface area contributed by atoms with E-state index in [1.165, 1.54) is 0 Å². The molecule has 0 saturated carbocycles. The Labute approximate surface area is 96.1 Å². The Balaban J connectivity index is 3.53. The molecule has 4 nitrogen and oxygen atoms in total. The van der Waals surface area contributed by atoms with E-state index in [1.807, 2.05) is 19.9 Å². The molecule has 1 rings (SSSR count). The number of benzene rings is 1. The van der Waals surface area contributed by atoms with Gasteiger partial charge in [0.05, 0.1) is 19.8 Å². The minimum absolute atomic E-state index is 0.443. The summed E-state index contributed by atoms with van der Waals surface area (Å²) in [6.45, 7) is 3.96. The number of ether oxygens (including phenoxy) is 2. The standard InChI is InChI=1S/C12H18N2O2/c1-7-8(2)11(16-5)9(12(13)14-3)6-10(7)15-4/h6H,1-5H3,(H2,13,14). The van der Waals surface area contributed by atoms with Crippen LogP contribution < -0.4 is 15.2 Å². The summed E-state index contributed by atoms with van der Waals surface area (Å²) in [5, 5.41) is 0. The van der Waals surface area contributed by atoms with Crippen LogP contribution in [0, 0.1) is 13.8 Å². The van der Waals surface area contributed by atoms with Gasteiger partial charge < -0.3 is 15.2 Å². The molecule has 0 heterocycles. The molecule has 0 aliphatic carbocycles. The first kappa shape index (κ1) is 12.4. The van der Waals surface area contributed by atoms with Crippen molar-refractivity contribution in [2.45, 2.75) is 13.8 Å². The highest BCUT2D eigenvalue weighted by atomic mass is 16.5. The van der Waals surface area contributed by atoms with Crippen LogP contribution >= 0.6 is 0 Å². The molecule has 1 aromatic rings. The second kappa shape index (κ2) is 4.88. The lowest BCUT2D eigenvalue weighted by molar-refractivity contribution is 0.397. The van der Waals surface area contributed by atoms with Crippen molar-refractivity contribution in [3.8, 4) is 11.5 Å². The van der Waals surface area contributed by atoms with E-state index in [-0.39, 0.29) is 0 Å². The molecule has 2 N–H and O–H groups in total. The van der Waals surface area contributed by atoms with Gasteiger partial charge in [0, 0.05) is 7.05 Å². The topological polar surface area (TPSA) is 56.8 Å². The Morgan fingerprint density at radius 1 is 1.19 bits per heavy atom. The zero-order chi connectivity index (χ0) is 12.3. The number of hydrogen-bond donors (Lipinski definition) is 1. The van der Waals surface area contributed by atoms with Crippen LogP contribution in [0.15, 0.2) is 11.1 Å². The maximum absolute atomic E-state index is 5.83. The first-order chi connectivity index (χ1) is 7.56. The predicted molar refractivity (Wildman–Crippen MR) is 65.7 cm³/mol. The number of rotatable bonds is 3. The lowest BCUT2D eigenvalue weighted by Crippen LogP contribution is -2.15. The summed E-state index contributed by atoms with van der Waals surface area (Å²) in [6.07, 6.45) is 0. The molecule has 0 bridgehead atoms. The highest BCUT2D eigenvalue weighted by molar-refractivity contribution is 6.01. The molecule has 0 aromatic heterocycles. The Bertz CT molecular complexity index is 426. The summed E-state index contributed by atoms with van der Waals surface area (Å²) in [7, 11) is 4.91. The summed E-state index contributed by atoms with van der Waals surface area (Å²) < 4.78 is 10.7. The summed E-state index contributed by atoms with van der Waals surface area (Å²) in [6, 6.07) is 1.85. The average molecular weight is 222 g/mol. The van der Waals surface area contributed by atoms with Crippen molar-refractivity contribution in [1.82, 2.24) is 0 Å². The third-order valence-electron chi connectivity index (χ3n) is 2.73. The van der Waals surface area contributed by atoms with Gasteiger partial charge in [-0.3, -0.25) is 4.99 Å². The van der Waals surface area contributed by atoms with E-state index in [0.29, 0.717) is 5.84 Å². The molecule has 0 fully saturated rings. The van der Waals surface area contributed by atoms with Crippen molar-refractivity contribution < 1.29 is 9.47 Å². The molecular weight excluding hydrogens is 204 g/mol. The van der Waals surface area contributed by atoms with Gasteiger partial charge in [-0.25, -0.2) is 0 Å². The molecule has 0 atom stereocenters. The third kappa shape index (κ3) is 1.96. The fraction of sp³-hybridized carbons (Fsp3) is 0.417. The molecule has 0 radical (unpaired) electrons. The van der Waals surface area contributed by atoms with Gasteiger partial charge in [-0.1, -0.05) is 0 Å². The van der Waals surface area contributed by atoms with Crippen molar-refractivity contribution in [2.75, 3.05) is 21.3 Å². The van der Waals surface area contributed by atoms with E-state index in [9.17, 15) is 0 Å². The van der Waals surface area contributed by atoms with Gasteiger partial charge in [0.15, 0.2) is 0 Å². The number of amidine groups is 1. The summed E-state index contributed by atoms with van der Waals surface area (Å²) in [5.41, 5.74) is 8.66. The fourth-order valence-electron chi connectivity index (χ4n) is 1.65. The van der Waals surface area contributed by atoms with E-state index in [1.54, 1.807) is 21.3 Å². The predicted octanol–water partition coefficient (Wildman–Crippen LogP) is 1.66. The number of hydrogen-bond acceptors (Lipinski definition) is 3. The monoisotopic (exact) mass is 222 g/mol. The second-order valence-electron chi connectivity index (χ2n) is 3.52. The minimum Gasteiger partial charge on any atom is -0.496 e. The van der Waals surface area contributed by atoms with Crippen LogP contribution in [0.1, 0.15) is 16.7 Å². The number of nitrogens with zero attached hydrogens (tertiary/aromatic N) is 1. The highest BCUT2D eigenvalue weighted by Crippen LogP contribution is 2.33. The largest absolute Gasteiger partial charge is 0.496 e. The lowest BCUT2D eigenvalue weighted by Gasteiger charge is -2.16. The first-order valence-corrected chi connectivity index (χ1v) is 5.01. The Kier molecular flexibility index (Phi) is 3.77. The molecule has 4 heteroatoms. The number of nitrogens with two attached hydrogens (primary N) is 1. The lowest BCUT2D eigenvalue weighted by atomic mass is 10.0. The molecular formula is C12H18N2O2. The second-order valence-corrected chi connectivity index (χ2v) is 3.52. The van der Waals surface area contributed by atoms with E-state index in [2.05, 4.69) is 4.99 Å². The van der Waals surface area contributed by atoms with Gasteiger partial charge >= 0.3 is 0 Å². The summed E-state index contributed by atoms with van der Waals surface area (Å²) >= 11 is 0. The first-order valence-electron chi connectivity index (χ1n) is 5.01. The molecule has 0 spiro atoms. The fourth-order valence-corrected chi connectivity index (χ4v) is 1.65. The molecule has 16 heavy (non-hydrogen) atoms. The smallest absolute Gasteiger partial charge is 0.133 e. The maximum atomic E-state index is 5.83. The van der Waals surface area contributed by atoms with Crippen LogP contribution in [0.5, 0.6) is 11.5 Å². The molecule has 0 unspecified atom stereocenters. The molecule has 88 valence electrons. The van der Waals surface area contributed by atoms with Crippen LogP contribution in [0.2, 0.25) is 0 Å². The van der Waals surface area contributed by atoms with Crippen molar-refractivity contribution in [2.24, 2.45) is 10.7 Å². The third-order valence-corrected chi connectivity index (χ3v) is 2.73. The molecule has 0 aliphatic heterocycles. The quantitative estimate of drug-likeness (QED) is 0.625. The van der Waals surface area contributed by atoms with Crippen LogP contribution in [-0.4, -0.2) is 27.1 Å². The van der Waals surface area contributed by atoms with Gasteiger partial charge in [0.25, 0.3) is 0 Å². The number of aliphatic imine (C=N–C) groups is 1. The molecule has 0 aliphatic rings. The average Bonchev–Trinajstić information content (AvgIpc) is 2.31. The summed E-state index contributed by atoms with van der Waals surface area (Å²) in [5.74, 6) is 1.99. The molecule has 0 amide bonds. The van der Waals surface area contributed by atoms with E-state index >= 15 is 0 Å². The van der Waals surface area contributed by atoms with E-state index in [0.717, 1.165) is 28.2 Å². The van der Waals surface area contributed by atoms with Gasteiger partial charge in [-0.2, -0.15) is 0 Å². The normalized spacial score (nSPS) is 11.4. The SMILES string of the molecule is CN=C(N)c1cc(OC)c(C)c(C)c1OC. The van der Waals surface area contributed by atoms with Crippen molar-refractivity contribution in [3.05, 3.63) is 22.8 Å². The van der Waals surface area contributed by atoms with Crippen molar-refractivity contribution >= 4 is 5.84 Å². The highest BCUT2D eigenvalue weighted by Gasteiger charge is 2.15. The zero-order valence-electron chi connectivity index (χ0n) is 10.4. The Morgan fingerprint density at radius 3 is 2.25 bits per heavy atom. The Morgan fingerprint density at radius 2 is 1.81 bits per heavy atom. The van der Waals surface area contributed by atoms with Crippen molar-refractivity contribution in [1.29, 1.82) is 0 Å². The van der Waals surface area contributed by atoms with Crippen LogP contribution in [0.4, 0.5) is 0 Å². The van der Waals surface area contributed by atoms with Crippen molar-refractivity contribution in [3.63, 3.8) is 0 Å². The van der Waals surface area contributed by atoms with Gasteiger partial charge in [-0.15, -0.1) is 0 Å². The zero-order valence-corrected chi connectivity index (χ0v) is 10.4. The molecule has 0 saturated heterocycles. The molecule has 1 aromatic carbocycles. The summed E-state index contributed by atoms with van der Waals surface area (Å²) in [4.78, 5) is 3.97. The van der Waals surface area contributed by atoms with E-state index in [4.69, 9.17) is 15.2 Å². The van der Waals surface area contributed by atoms with Crippen LogP contribution in [-0.2, 0) is 0 Å². The Hall–Kier alpha value is -1.71. The van der Waals surface area contributed by atoms with Gasteiger partial charge in [-0.05, 0) is 31.0 Å². The van der Waals surface area contributed by atoms with E-state index < -0.39 is 0 Å². The maximum Gasteiger partial charge on any atom is 0.133 e. The number of methoxy groups -OCH3 is 2. The van der Waals surface area contributed by atoms with Crippen LogP contribution in [0.3, 0.4) is 0 Å². The minimum atomic E-state index is 0.443.